The normalized spacial score (nSPS) is 14.1. The fourth-order valence-corrected chi connectivity index (χ4v) is 7.77. The molecular formula is C49H50ClN13O2. The highest BCUT2D eigenvalue weighted by Gasteiger charge is 2.27. The van der Waals surface area contributed by atoms with Crippen molar-refractivity contribution in [2.24, 2.45) is 0 Å². The molecule has 15 nitrogen and oxygen atoms in total. The fraction of sp³-hybridized carbons (Fsp3) is 0.286. The first-order valence-electron chi connectivity index (χ1n) is 21.9. The van der Waals surface area contributed by atoms with E-state index in [2.05, 4.69) is 87.0 Å². The molecule has 0 amide bonds. The number of nitrogens with zero attached hydrogens (tertiary/aromatic N) is 9. The number of benzene rings is 2. The molecule has 0 atom stereocenters. The Morgan fingerprint density at radius 3 is 1.49 bits per heavy atom. The van der Waals surface area contributed by atoms with Gasteiger partial charge in [0.25, 0.3) is 0 Å². The van der Waals surface area contributed by atoms with Crippen molar-refractivity contribution in [3.05, 3.63) is 127 Å². The van der Waals surface area contributed by atoms with Gasteiger partial charge in [0, 0.05) is 60.1 Å². The van der Waals surface area contributed by atoms with Gasteiger partial charge in [0.2, 0.25) is 0 Å². The number of nitrogens with one attached hydrogen (secondary N) is 4. The summed E-state index contributed by atoms with van der Waals surface area (Å²) < 4.78 is 3.59. The van der Waals surface area contributed by atoms with Crippen molar-refractivity contribution >= 4 is 34.3 Å². The predicted molar refractivity (Wildman–Crippen MR) is 254 cm³/mol. The van der Waals surface area contributed by atoms with E-state index in [1.165, 1.54) is 25.7 Å². The van der Waals surface area contributed by atoms with Crippen LogP contribution in [0.4, 0.5) is 11.4 Å². The number of aromatic nitrogens is 11. The number of halogens is 1. The van der Waals surface area contributed by atoms with E-state index in [-0.39, 0.29) is 0 Å². The number of anilines is 2. The predicted octanol–water partition coefficient (Wildman–Crippen LogP) is 9.41. The van der Waals surface area contributed by atoms with Gasteiger partial charge in [-0.15, -0.1) is 0 Å². The fourth-order valence-electron chi connectivity index (χ4n) is 7.58. The lowest BCUT2D eigenvalue weighted by Crippen LogP contribution is -2.29. The van der Waals surface area contributed by atoms with Gasteiger partial charge in [0.05, 0.1) is 75.8 Å². The summed E-state index contributed by atoms with van der Waals surface area (Å²) in [6.07, 6.45) is 15.8. The summed E-state index contributed by atoms with van der Waals surface area (Å²) >= 11 is 6.26. The van der Waals surface area contributed by atoms with Crippen LogP contribution >= 0.6 is 11.6 Å². The molecule has 0 aliphatic heterocycles. The van der Waals surface area contributed by atoms with Crippen LogP contribution in [-0.4, -0.2) is 88.6 Å². The van der Waals surface area contributed by atoms with E-state index in [1.807, 2.05) is 53.4 Å². The highest BCUT2D eigenvalue weighted by Crippen LogP contribution is 2.40. The van der Waals surface area contributed by atoms with Crippen molar-refractivity contribution in [2.45, 2.75) is 76.4 Å². The summed E-state index contributed by atoms with van der Waals surface area (Å²) in [5.74, 6) is 3.37. The summed E-state index contributed by atoms with van der Waals surface area (Å²) in [4.78, 5) is 29.3. The average molecular weight is 888 g/mol. The number of H-pyrrole nitrogens is 2. The summed E-state index contributed by atoms with van der Waals surface area (Å²) in [7, 11) is 0. The largest absolute Gasteiger partial charge is 0.389 e. The minimum absolute atomic E-state index is 0.349. The molecule has 0 saturated heterocycles. The molecule has 2 aliphatic rings. The van der Waals surface area contributed by atoms with E-state index in [1.54, 1.807) is 56.9 Å². The minimum Gasteiger partial charge on any atom is -0.389 e. The third-order valence-electron chi connectivity index (χ3n) is 11.4. The van der Waals surface area contributed by atoms with Gasteiger partial charge in [0.1, 0.15) is 11.6 Å². The molecule has 16 heteroatoms. The zero-order valence-electron chi connectivity index (χ0n) is 36.6. The second-order valence-corrected chi connectivity index (χ2v) is 18.6. The van der Waals surface area contributed by atoms with Gasteiger partial charge in [-0.25, -0.2) is 29.0 Å². The molecule has 7 aromatic heterocycles. The van der Waals surface area contributed by atoms with Crippen LogP contribution in [0.2, 0.25) is 5.15 Å². The van der Waals surface area contributed by atoms with E-state index in [4.69, 9.17) is 16.7 Å². The maximum absolute atomic E-state index is 10.3. The quantitative estimate of drug-likeness (QED) is 0.0646. The van der Waals surface area contributed by atoms with Crippen molar-refractivity contribution in [1.82, 2.24) is 54.1 Å². The molecule has 6 N–H and O–H groups in total. The minimum atomic E-state index is -0.867. The second-order valence-electron chi connectivity index (χ2n) is 18.2. The first-order chi connectivity index (χ1) is 31.3. The van der Waals surface area contributed by atoms with Gasteiger partial charge >= 0.3 is 0 Å². The molecule has 2 saturated carbocycles. The van der Waals surface area contributed by atoms with Gasteiger partial charge in [-0.1, -0.05) is 60.1 Å². The first-order valence-corrected chi connectivity index (χ1v) is 22.3. The Bertz CT molecular complexity index is 3100. The highest BCUT2D eigenvalue weighted by atomic mass is 35.5. The topological polar surface area (TPSA) is 195 Å². The molecule has 7 heterocycles. The Labute approximate surface area is 380 Å². The molecule has 0 bridgehead atoms. The van der Waals surface area contributed by atoms with E-state index in [9.17, 15) is 10.2 Å². The number of aromatic amines is 2. The molecule has 9 aromatic rings. The van der Waals surface area contributed by atoms with Crippen LogP contribution in [-0.2, 0) is 0 Å². The maximum atomic E-state index is 10.3. The highest BCUT2D eigenvalue weighted by molar-refractivity contribution is 6.29. The third-order valence-corrected chi connectivity index (χ3v) is 11.6. The van der Waals surface area contributed by atoms with E-state index >= 15 is 0 Å². The lowest BCUT2D eigenvalue weighted by atomic mass is 10.1. The smallest absolute Gasteiger partial charge is 0.177 e. The van der Waals surface area contributed by atoms with Crippen molar-refractivity contribution in [3.63, 3.8) is 0 Å². The maximum Gasteiger partial charge on any atom is 0.177 e. The number of imidazole rings is 4. The van der Waals surface area contributed by atoms with Crippen LogP contribution < -0.4 is 10.6 Å². The van der Waals surface area contributed by atoms with Gasteiger partial charge in [-0.2, -0.15) is 10.2 Å². The number of aliphatic hydroxyl groups is 2. The summed E-state index contributed by atoms with van der Waals surface area (Å²) in [6, 6.07) is 24.1. The van der Waals surface area contributed by atoms with Gasteiger partial charge in [0.15, 0.2) is 16.4 Å². The number of fused-ring (bicyclic) bond motifs is 2. The molecule has 0 unspecified atom stereocenters. The Morgan fingerprint density at radius 1 is 0.585 bits per heavy atom. The van der Waals surface area contributed by atoms with E-state index in [0.29, 0.717) is 41.4 Å². The molecule has 0 spiro atoms. The van der Waals surface area contributed by atoms with Crippen LogP contribution in [0, 0.1) is 0 Å². The molecular weight excluding hydrogens is 838 g/mol. The Kier molecular flexibility index (Phi) is 10.9. The molecule has 11 rings (SSSR count). The Hall–Kier alpha value is -6.94. The molecule has 2 fully saturated rings. The molecule has 2 aliphatic carbocycles. The van der Waals surface area contributed by atoms with Crippen molar-refractivity contribution in [1.29, 1.82) is 0 Å². The van der Waals surface area contributed by atoms with Crippen LogP contribution in [0.3, 0.4) is 0 Å². The van der Waals surface area contributed by atoms with E-state index in [0.717, 1.165) is 79.3 Å². The van der Waals surface area contributed by atoms with Crippen molar-refractivity contribution in [3.8, 4) is 56.3 Å². The zero-order chi connectivity index (χ0) is 44.9. The van der Waals surface area contributed by atoms with Crippen LogP contribution in [0.5, 0.6) is 0 Å². The summed E-state index contributed by atoms with van der Waals surface area (Å²) in [5, 5.41) is 36.5. The van der Waals surface area contributed by atoms with Gasteiger partial charge in [-0.05, 0) is 82.7 Å². The molecule has 65 heavy (non-hydrogen) atoms. The SMILES string of the molecule is CC(C)(O)CNc1cc(-c2ccncc2)nn2c(-c3ccc(-c4cnc(C5CC5)[nH]4)cc3)cnc12.CC(C)(O)CNc1cc(Cl)nn2c(-c3ccc(-c4cnc(C5CC5)[nH]4)cc3)cnc12. The second kappa shape index (κ2) is 16.9. The van der Waals surface area contributed by atoms with E-state index < -0.39 is 11.2 Å². The first kappa shape index (κ1) is 42.0. The number of hydrogen-bond acceptors (Lipinski definition) is 11. The standard InChI is InChI=1S/C27H27N7O.C22H23ClN6O/c1-27(2,35)16-31-22-13-21(18-9-11-28-12-10-18)33-34-24(15-30-26(22)34)19-5-3-17(4-6-19)23-14-29-25(32-23)20-7-8-20;1-22(2,30)12-26-16-9-19(23)28-29-18(11-25-21(16)29)14-5-3-13(4-6-14)17-10-24-20(27-17)15-7-8-15/h3-6,9-15,20,31,35H,7-8,16H2,1-2H3,(H,29,32);3-6,9-11,15,26,30H,7-8,12H2,1-2H3,(H,24,27). The molecule has 2 aromatic carbocycles. The molecule has 0 radical (unpaired) electrons. The zero-order valence-corrected chi connectivity index (χ0v) is 37.3. The third kappa shape index (κ3) is 9.48. The number of rotatable bonds is 13. The number of hydrogen-bond donors (Lipinski definition) is 6. The van der Waals surface area contributed by atoms with Crippen LogP contribution in [0.1, 0.15) is 76.9 Å². The Morgan fingerprint density at radius 2 is 1.03 bits per heavy atom. The Balaban J connectivity index is 0.000000155. The lowest BCUT2D eigenvalue weighted by Gasteiger charge is -2.19. The van der Waals surface area contributed by atoms with Gasteiger partial charge < -0.3 is 30.8 Å². The van der Waals surface area contributed by atoms with Crippen molar-refractivity contribution in [2.75, 3.05) is 23.7 Å². The average Bonchev–Trinajstić information content (AvgIpc) is 4.09. The van der Waals surface area contributed by atoms with Crippen molar-refractivity contribution < 1.29 is 10.2 Å². The van der Waals surface area contributed by atoms with Crippen LogP contribution in [0.25, 0.3) is 67.6 Å². The molecule has 330 valence electrons. The van der Waals surface area contributed by atoms with Gasteiger partial charge in [-0.3, -0.25) is 4.98 Å². The summed E-state index contributed by atoms with van der Waals surface area (Å²) in [5.41, 5.74) is 10.9. The van der Waals surface area contributed by atoms with Crippen LogP contribution in [0.15, 0.2) is 110 Å². The monoisotopic (exact) mass is 887 g/mol. The number of pyridine rings is 1. The summed E-state index contributed by atoms with van der Waals surface area (Å²) in [6.45, 7) is 7.78. The lowest BCUT2D eigenvalue weighted by molar-refractivity contribution is 0.0939.